The van der Waals surface area contributed by atoms with Crippen molar-refractivity contribution in [1.82, 2.24) is 14.9 Å². The first kappa shape index (κ1) is 20.6. The maximum Gasteiger partial charge on any atom is 0.233 e. The Kier molecular flexibility index (Phi) is 6.99. The van der Waals surface area contributed by atoms with Crippen LogP contribution in [-0.4, -0.2) is 26.5 Å². The standard InChI is InChI=1S/C23H22N4OS/c1-17-21(13-24)23(26-18(2)25-17)29-16-22(28)27(14-19-9-5-3-6-10-19)15-20-11-7-4-8-12-20/h3-12H,14-16H2,1-2H3. The fraction of sp³-hybridized carbons (Fsp3) is 0.217. The third-order valence-electron chi connectivity index (χ3n) is 4.40. The van der Waals surface area contributed by atoms with Gasteiger partial charge in [-0.1, -0.05) is 72.4 Å². The van der Waals surface area contributed by atoms with Crippen molar-refractivity contribution < 1.29 is 4.79 Å². The van der Waals surface area contributed by atoms with Crippen molar-refractivity contribution in [1.29, 1.82) is 5.26 Å². The van der Waals surface area contributed by atoms with Crippen molar-refractivity contribution in [3.8, 4) is 6.07 Å². The lowest BCUT2D eigenvalue weighted by Gasteiger charge is -2.23. The van der Waals surface area contributed by atoms with Gasteiger partial charge in [-0.15, -0.1) is 0 Å². The highest BCUT2D eigenvalue weighted by Crippen LogP contribution is 2.23. The number of thioether (sulfide) groups is 1. The highest BCUT2D eigenvalue weighted by atomic mass is 32.2. The minimum absolute atomic E-state index is 0.000476. The number of nitrogens with zero attached hydrogens (tertiary/aromatic N) is 4. The first-order valence-electron chi connectivity index (χ1n) is 9.30. The van der Waals surface area contributed by atoms with E-state index in [4.69, 9.17) is 0 Å². The molecule has 146 valence electrons. The van der Waals surface area contributed by atoms with Gasteiger partial charge in [0.1, 0.15) is 22.5 Å². The van der Waals surface area contributed by atoms with E-state index in [2.05, 4.69) is 16.0 Å². The van der Waals surface area contributed by atoms with Gasteiger partial charge >= 0.3 is 0 Å². The van der Waals surface area contributed by atoms with Crippen LogP contribution in [-0.2, 0) is 17.9 Å². The molecule has 0 spiro atoms. The Morgan fingerprint density at radius 3 is 2.03 bits per heavy atom. The normalized spacial score (nSPS) is 10.4. The summed E-state index contributed by atoms with van der Waals surface area (Å²) in [4.78, 5) is 23.5. The number of aromatic nitrogens is 2. The summed E-state index contributed by atoms with van der Waals surface area (Å²) >= 11 is 1.29. The van der Waals surface area contributed by atoms with E-state index in [-0.39, 0.29) is 11.7 Å². The van der Waals surface area contributed by atoms with Crippen LogP contribution in [0.1, 0.15) is 28.2 Å². The Hall–Kier alpha value is -3.17. The molecule has 0 aliphatic heterocycles. The summed E-state index contributed by atoms with van der Waals surface area (Å²) in [7, 11) is 0. The van der Waals surface area contributed by atoms with E-state index >= 15 is 0 Å². The fourth-order valence-electron chi connectivity index (χ4n) is 2.98. The predicted molar refractivity (Wildman–Crippen MR) is 114 cm³/mol. The molecule has 0 bridgehead atoms. The predicted octanol–water partition coefficient (Wildman–Crippen LogP) is 4.29. The summed E-state index contributed by atoms with van der Waals surface area (Å²) in [6.45, 7) is 4.64. The van der Waals surface area contributed by atoms with Gasteiger partial charge in [0, 0.05) is 13.1 Å². The molecule has 0 radical (unpaired) electrons. The molecule has 0 saturated carbocycles. The van der Waals surface area contributed by atoms with Crippen LogP contribution in [0, 0.1) is 25.2 Å². The highest BCUT2D eigenvalue weighted by molar-refractivity contribution is 8.00. The Bertz CT molecular complexity index is 975. The number of carbonyl (C=O) groups is 1. The smallest absolute Gasteiger partial charge is 0.233 e. The monoisotopic (exact) mass is 402 g/mol. The van der Waals surface area contributed by atoms with E-state index in [9.17, 15) is 10.1 Å². The molecule has 1 aromatic heterocycles. The molecule has 0 aliphatic carbocycles. The van der Waals surface area contributed by atoms with Gasteiger partial charge in [-0.3, -0.25) is 4.79 Å². The molecule has 0 unspecified atom stereocenters. The first-order valence-corrected chi connectivity index (χ1v) is 10.3. The molecule has 29 heavy (non-hydrogen) atoms. The zero-order valence-corrected chi connectivity index (χ0v) is 17.3. The van der Waals surface area contributed by atoms with Crippen LogP contribution in [0.25, 0.3) is 0 Å². The van der Waals surface area contributed by atoms with Crippen LogP contribution in [0.4, 0.5) is 0 Å². The minimum atomic E-state index is 0.000476. The summed E-state index contributed by atoms with van der Waals surface area (Å²) in [5, 5.41) is 9.98. The third kappa shape index (κ3) is 5.66. The number of carbonyl (C=O) groups excluding carboxylic acids is 1. The molecular weight excluding hydrogens is 380 g/mol. The van der Waals surface area contributed by atoms with Gasteiger partial charge in [0.25, 0.3) is 0 Å². The van der Waals surface area contributed by atoms with E-state index in [0.29, 0.717) is 35.2 Å². The molecule has 3 aromatic rings. The molecule has 0 aliphatic rings. The maximum absolute atomic E-state index is 13.1. The van der Waals surface area contributed by atoms with Crippen LogP contribution >= 0.6 is 11.8 Å². The highest BCUT2D eigenvalue weighted by Gasteiger charge is 2.18. The molecule has 1 amide bonds. The Labute approximate surface area is 175 Å². The second-order valence-corrected chi connectivity index (χ2v) is 7.62. The summed E-state index contributed by atoms with van der Waals surface area (Å²) in [6, 6.07) is 22.0. The lowest BCUT2D eigenvalue weighted by molar-refractivity contribution is -0.129. The Morgan fingerprint density at radius 1 is 0.966 bits per heavy atom. The quantitative estimate of drug-likeness (QED) is 0.436. The lowest BCUT2D eigenvalue weighted by Crippen LogP contribution is -2.31. The van der Waals surface area contributed by atoms with Crippen molar-refractivity contribution in [2.24, 2.45) is 0 Å². The van der Waals surface area contributed by atoms with E-state index in [1.54, 1.807) is 13.8 Å². The molecule has 0 fully saturated rings. The average molecular weight is 403 g/mol. The second-order valence-electron chi connectivity index (χ2n) is 6.66. The Morgan fingerprint density at radius 2 is 1.52 bits per heavy atom. The molecule has 6 heteroatoms. The van der Waals surface area contributed by atoms with Crippen molar-refractivity contribution >= 4 is 17.7 Å². The van der Waals surface area contributed by atoms with Gasteiger partial charge in [0.05, 0.1) is 11.4 Å². The first-order chi connectivity index (χ1) is 14.1. The van der Waals surface area contributed by atoms with Crippen molar-refractivity contribution in [3.05, 3.63) is 88.9 Å². The van der Waals surface area contributed by atoms with Gasteiger partial charge in [0.2, 0.25) is 5.91 Å². The number of hydrogen-bond acceptors (Lipinski definition) is 5. The van der Waals surface area contributed by atoms with E-state index < -0.39 is 0 Å². The van der Waals surface area contributed by atoms with Gasteiger partial charge < -0.3 is 4.90 Å². The van der Waals surface area contributed by atoms with Crippen molar-refractivity contribution in [3.63, 3.8) is 0 Å². The third-order valence-corrected chi connectivity index (χ3v) is 5.36. The SMILES string of the molecule is Cc1nc(C)c(C#N)c(SCC(=O)N(Cc2ccccc2)Cc2ccccc2)n1. The fourth-order valence-corrected chi connectivity index (χ4v) is 3.95. The van der Waals surface area contributed by atoms with Crippen LogP contribution in [0.5, 0.6) is 0 Å². The number of rotatable bonds is 7. The number of aryl methyl sites for hydroxylation is 2. The molecule has 0 N–H and O–H groups in total. The second kappa shape index (κ2) is 9.85. The van der Waals surface area contributed by atoms with E-state index in [1.807, 2.05) is 65.6 Å². The number of amides is 1. The van der Waals surface area contributed by atoms with Gasteiger partial charge in [-0.2, -0.15) is 5.26 Å². The lowest BCUT2D eigenvalue weighted by atomic mass is 10.1. The summed E-state index contributed by atoms with van der Waals surface area (Å²) in [5.74, 6) is 0.812. The molecule has 3 rings (SSSR count). The van der Waals surface area contributed by atoms with Gasteiger partial charge in [-0.05, 0) is 25.0 Å². The van der Waals surface area contributed by atoms with Crippen molar-refractivity contribution in [2.75, 3.05) is 5.75 Å². The van der Waals surface area contributed by atoms with Gasteiger partial charge in [0.15, 0.2) is 0 Å². The zero-order valence-electron chi connectivity index (χ0n) is 16.5. The van der Waals surface area contributed by atoms with Gasteiger partial charge in [-0.25, -0.2) is 9.97 Å². The van der Waals surface area contributed by atoms with Crippen LogP contribution in [0.2, 0.25) is 0 Å². The largest absolute Gasteiger partial charge is 0.333 e. The summed E-state index contributed by atoms with van der Waals surface area (Å²) in [6.07, 6.45) is 0. The van der Waals surface area contributed by atoms with E-state index in [1.165, 1.54) is 11.8 Å². The summed E-state index contributed by atoms with van der Waals surface area (Å²) < 4.78 is 0. The maximum atomic E-state index is 13.1. The minimum Gasteiger partial charge on any atom is -0.333 e. The molecule has 0 saturated heterocycles. The van der Waals surface area contributed by atoms with Crippen molar-refractivity contribution in [2.45, 2.75) is 32.0 Å². The van der Waals surface area contributed by atoms with Crippen LogP contribution in [0.15, 0.2) is 65.7 Å². The van der Waals surface area contributed by atoms with Crippen LogP contribution in [0.3, 0.4) is 0 Å². The molecular formula is C23H22N4OS. The molecule has 0 atom stereocenters. The zero-order chi connectivity index (χ0) is 20.6. The number of benzene rings is 2. The molecule has 2 aromatic carbocycles. The molecule has 1 heterocycles. The van der Waals surface area contributed by atoms with E-state index in [0.717, 1.165) is 11.1 Å². The number of hydrogen-bond donors (Lipinski definition) is 0. The average Bonchev–Trinajstić information content (AvgIpc) is 2.72. The van der Waals surface area contributed by atoms with Crippen LogP contribution < -0.4 is 0 Å². The number of nitriles is 1. The Balaban J connectivity index is 1.77. The topological polar surface area (TPSA) is 69.9 Å². The molecule has 5 nitrogen and oxygen atoms in total. The summed E-state index contributed by atoms with van der Waals surface area (Å²) in [5.41, 5.74) is 3.23.